The second kappa shape index (κ2) is 8.87. The molecule has 1 aromatic heterocycles. The Morgan fingerprint density at radius 2 is 2.12 bits per heavy atom. The van der Waals surface area contributed by atoms with Gasteiger partial charge in [-0.2, -0.15) is 0 Å². The van der Waals surface area contributed by atoms with Crippen LogP contribution in [-0.2, 0) is 27.7 Å². The van der Waals surface area contributed by atoms with Gasteiger partial charge in [-0.1, -0.05) is 0 Å². The Morgan fingerprint density at radius 1 is 1.42 bits per heavy atom. The fourth-order valence-corrected chi connectivity index (χ4v) is 3.70. The van der Waals surface area contributed by atoms with Crippen LogP contribution in [0.2, 0.25) is 0 Å². The third kappa shape index (κ3) is 5.56. The largest absolute Gasteiger partial charge is 0.582 e. The lowest BCUT2D eigenvalue weighted by molar-refractivity contribution is -0.0562. The standard InChI is InChI=1S/C11H16N2O10P2S/c1-20-9-8(23-24(16)26)6(3-5-21-25(17,18)19)22-10(9)13-4-2-7(14)12-11(13)15/h2,4,6,8-10H,3,5H2,1H3,(H3-,12,14,15,16,17,18,19,26)/p+1/t6-,8?,9+,10-/m1/s1. The highest BCUT2D eigenvalue weighted by atomic mass is 32.7. The Hall–Kier alpha value is -0.880. The number of nitrogens with one attached hydrogen (secondary N) is 1. The molecule has 0 spiro atoms. The number of aromatic amines is 1. The number of ether oxygens (including phenoxy) is 2. The maximum absolute atomic E-state index is 12.0. The van der Waals surface area contributed by atoms with Crippen molar-refractivity contribution >= 4 is 27.3 Å². The number of H-pyrrole nitrogens is 1. The van der Waals surface area contributed by atoms with E-state index in [1.807, 2.05) is 0 Å². The van der Waals surface area contributed by atoms with Crippen LogP contribution in [0.1, 0.15) is 12.6 Å². The molecule has 0 amide bonds. The van der Waals surface area contributed by atoms with Crippen molar-refractivity contribution in [2.24, 2.45) is 0 Å². The van der Waals surface area contributed by atoms with Crippen LogP contribution >= 0.6 is 27.3 Å². The summed E-state index contributed by atoms with van der Waals surface area (Å²) in [4.78, 5) is 42.8. The quantitative estimate of drug-likeness (QED) is 0.323. The third-order valence-corrected chi connectivity index (χ3v) is 4.78. The molecule has 2 unspecified atom stereocenters. The van der Waals surface area contributed by atoms with Gasteiger partial charge >= 0.3 is 20.7 Å². The molecule has 0 radical (unpaired) electrons. The van der Waals surface area contributed by atoms with E-state index in [2.05, 4.69) is 21.8 Å². The summed E-state index contributed by atoms with van der Waals surface area (Å²) >= 11 is 3.68. The molecule has 0 saturated carbocycles. The molecule has 5 atom stereocenters. The van der Waals surface area contributed by atoms with Crippen molar-refractivity contribution in [3.05, 3.63) is 33.1 Å². The van der Waals surface area contributed by atoms with Crippen molar-refractivity contribution in [1.29, 1.82) is 0 Å². The lowest BCUT2D eigenvalue weighted by Gasteiger charge is -2.19. The summed E-state index contributed by atoms with van der Waals surface area (Å²) in [6.45, 7) is -0.387. The Bertz CT molecular complexity index is 807. The topological polar surface area (TPSA) is 166 Å². The predicted molar refractivity (Wildman–Crippen MR) is 90.1 cm³/mol. The molecular weight excluding hydrogens is 414 g/mol. The first-order valence-corrected chi connectivity index (χ1v) is 11.0. The van der Waals surface area contributed by atoms with Gasteiger partial charge in [0, 0.05) is 25.8 Å². The molecule has 1 fully saturated rings. The molecule has 2 rings (SSSR count). The van der Waals surface area contributed by atoms with E-state index in [4.69, 9.17) is 23.8 Å². The molecule has 0 aromatic carbocycles. The minimum atomic E-state index is -4.67. The van der Waals surface area contributed by atoms with Crippen molar-refractivity contribution in [1.82, 2.24) is 9.55 Å². The van der Waals surface area contributed by atoms with E-state index in [-0.39, 0.29) is 13.0 Å². The number of rotatable bonds is 8. The zero-order valence-corrected chi connectivity index (χ0v) is 16.0. The van der Waals surface area contributed by atoms with Crippen LogP contribution in [0.3, 0.4) is 0 Å². The Balaban J connectivity index is 2.26. The summed E-state index contributed by atoms with van der Waals surface area (Å²) in [6.07, 6.45) is -2.65. The number of aromatic nitrogens is 2. The van der Waals surface area contributed by atoms with E-state index in [0.29, 0.717) is 0 Å². The van der Waals surface area contributed by atoms with Gasteiger partial charge in [0.05, 0.1) is 12.7 Å². The third-order valence-electron chi connectivity index (χ3n) is 3.56. The summed E-state index contributed by atoms with van der Waals surface area (Å²) in [6, 6.07) is 1.11. The van der Waals surface area contributed by atoms with E-state index in [1.54, 1.807) is 0 Å². The summed E-state index contributed by atoms with van der Waals surface area (Å²) in [7, 11) is -5.72. The van der Waals surface area contributed by atoms with Crippen molar-refractivity contribution in [2.45, 2.75) is 31.0 Å². The van der Waals surface area contributed by atoms with Gasteiger partial charge in [-0.05, 0) is 4.57 Å². The Morgan fingerprint density at radius 3 is 2.65 bits per heavy atom. The smallest absolute Gasteiger partial charge is 0.374 e. The lowest BCUT2D eigenvalue weighted by Crippen LogP contribution is -2.39. The van der Waals surface area contributed by atoms with Gasteiger partial charge < -0.3 is 19.3 Å². The number of methoxy groups -OCH3 is 1. The Labute approximate surface area is 152 Å². The van der Waals surface area contributed by atoms with Gasteiger partial charge in [0.1, 0.15) is 18.4 Å². The van der Waals surface area contributed by atoms with Crippen LogP contribution in [0, 0.1) is 0 Å². The molecule has 15 heteroatoms. The monoisotopic (exact) mass is 431 g/mol. The zero-order chi connectivity index (χ0) is 19.5. The minimum absolute atomic E-state index is 0.0544. The number of phosphoric acid groups is 1. The molecule has 146 valence electrons. The highest BCUT2D eigenvalue weighted by Gasteiger charge is 2.50. The van der Waals surface area contributed by atoms with Gasteiger partial charge in [0.15, 0.2) is 12.3 Å². The van der Waals surface area contributed by atoms with Gasteiger partial charge in [0.25, 0.3) is 5.56 Å². The van der Waals surface area contributed by atoms with E-state index in [0.717, 1.165) is 10.6 Å². The SMILES string of the molecule is CO[C@H]1C(O[P+](=O)S)[C@@H](CCOP(=O)(O)O)O[C@H]1n1ccc(=O)[nH]c1=O. The molecule has 1 saturated heterocycles. The van der Waals surface area contributed by atoms with Gasteiger partial charge in [-0.15, -0.1) is 4.52 Å². The maximum Gasteiger partial charge on any atom is 0.582 e. The molecule has 1 aliphatic rings. The van der Waals surface area contributed by atoms with E-state index in [1.165, 1.54) is 13.3 Å². The van der Waals surface area contributed by atoms with Crippen molar-refractivity contribution < 1.29 is 37.4 Å². The van der Waals surface area contributed by atoms with Crippen molar-refractivity contribution in [2.75, 3.05) is 13.7 Å². The molecule has 2 heterocycles. The van der Waals surface area contributed by atoms with Gasteiger partial charge in [-0.3, -0.25) is 18.9 Å². The first-order chi connectivity index (χ1) is 12.1. The van der Waals surface area contributed by atoms with Crippen LogP contribution in [-0.4, -0.2) is 51.4 Å². The van der Waals surface area contributed by atoms with Gasteiger partial charge in [-0.25, -0.2) is 9.36 Å². The predicted octanol–water partition coefficient (Wildman–Crippen LogP) is -0.0792. The molecule has 12 nitrogen and oxygen atoms in total. The average molecular weight is 431 g/mol. The summed E-state index contributed by atoms with van der Waals surface area (Å²) in [5.74, 6) is 0. The Kier molecular flexibility index (Phi) is 7.31. The molecule has 0 bridgehead atoms. The van der Waals surface area contributed by atoms with Gasteiger partial charge in [0.2, 0.25) is 0 Å². The fourth-order valence-electron chi connectivity index (χ4n) is 2.56. The van der Waals surface area contributed by atoms with Crippen molar-refractivity contribution in [3.8, 4) is 0 Å². The van der Waals surface area contributed by atoms with Crippen LogP contribution in [0.25, 0.3) is 0 Å². The van der Waals surface area contributed by atoms with E-state index in [9.17, 15) is 18.7 Å². The number of phosphoric ester groups is 1. The molecular formula is C11H17N2O10P2S+. The first-order valence-electron chi connectivity index (χ1n) is 7.15. The molecule has 3 N–H and O–H groups in total. The van der Waals surface area contributed by atoms with E-state index >= 15 is 0 Å². The maximum atomic E-state index is 12.0. The highest BCUT2D eigenvalue weighted by Crippen LogP contribution is 2.42. The second-order valence-corrected chi connectivity index (χ2v) is 8.11. The summed E-state index contributed by atoms with van der Waals surface area (Å²) < 4.78 is 43.8. The number of hydrogen-bond acceptors (Lipinski definition) is 8. The van der Waals surface area contributed by atoms with Crippen LogP contribution < -0.4 is 11.2 Å². The first kappa shape index (κ1) is 21.4. The number of thiol groups is 1. The van der Waals surface area contributed by atoms with Crippen LogP contribution in [0.4, 0.5) is 0 Å². The molecule has 26 heavy (non-hydrogen) atoms. The average Bonchev–Trinajstić information content (AvgIpc) is 2.83. The zero-order valence-electron chi connectivity index (χ0n) is 13.3. The summed E-state index contributed by atoms with van der Waals surface area (Å²) in [5, 5.41) is 0. The van der Waals surface area contributed by atoms with Crippen LogP contribution in [0.15, 0.2) is 21.9 Å². The molecule has 1 aromatic rings. The number of hydrogen-bond donors (Lipinski definition) is 4. The van der Waals surface area contributed by atoms with Crippen LogP contribution in [0.5, 0.6) is 0 Å². The lowest BCUT2D eigenvalue weighted by atomic mass is 10.1. The molecule has 1 aliphatic heterocycles. The van der Waals surface area contributed by atoms with E-state index < -0.39 is 50.8 Å². The highest BCUT2D eigenvalue weighted by molar-refractivity contribution is 8.39. The fraction of sp³-hybridized carbons (Fsp3) is 0.636. The normalized spacial score (nSPS) is 26.8. The summed E-state index contributed by atoms with van der Waals surface area (Å²) in [5.41, 5.74) is -1.36. The van der Waals surface area contributed by atoms with Crippen molar-refractivity contribution in [3.63, 3.8) is 0 Å². The number of nitrogens with zero attached hydrogens (tertiary/aromatic N) is 1. The second-order valence-electron chi connectivity index (χ2n) is 5.20. The molecule has 0 aliphatic carbocycles. The minimum Gasteiger partial charge on any atom is -0.374 e.